The lowest BCUT2D eigenvalue weighted by Crippen LogP contribution is -2.04. The molecule has 0 aliphatic heterocycles. The Labute approximate surface area is 105 Å². The zero-order valence-electron chi connectivity index (χ0n) is 10.1. The standard InChI is InChI=1S/C14H14N4/c1-15-9-10-5-6-11-13(8-10)18-14(17-11)12-4-2-3-7-16-12/h2-8,15H,9H2,1H3,(H,17,18). The largest absolute Gasteiger partial charge is 0.337 e. The zero-order valence-corrected chi connectivity index (χ0v) is 10.1. The van der Waals surface area contributed by atoms with Gasteiger partial charge in [0.05, 0.1) is 11.0 Å². The van der Waals surface area contributed by atoms with Crippen molar-refractivity contribution in [3.63, 3.8) is 0 Å². The highest BCUT2D eigenvalue weighted by Crippen LogP contribution is 2.19. The first-order valence-electron chi connectivity index (χ1n) is 5.91. The van der Waals surface area contributed by atoms with Crippen LogP contribution in [0, 0.1) is 0 Å². The Hall–Kier alpha value is -2.20. The normalized spacial score (nSPS) is 10.9. The second-order valence-electron chi connectivity index (χ2n) is 4.18. The molecule has 0 radical (unpaired) electrons. The van der Waals surface area contributed by atoms with Crippen LogP contribution in [0.4, 0.5) is 0 Å². The van der Waals surface area contributed by atoms with Gasteiger partial charge in [-0.1, -0.05) is 12.1 Å². The maximum Gasteiger partial charge on any atom is 0.157 e. The molecule has 18 heavy (non-hydrogen) atoms. The second kappa shape index (κ2) is 4.58. The lowest BCUT2D eigenvalue weighted by atomic mass is 10.2. The minimum absolute atomic E-state index is 0.812. The van der Waals surface area contributed by atoms with Crippen molar-refractivity contribution in [1.82, 2.24) is 20.3 Å². The van der Waals surface area contributed by atoms with Gasteiger partial charge < -0.3 is 10.3 Å². The van der Waals surface area contributed by atoms with Crippen LogP contribution in [-0.2, 0) is 6.54 Å². The molecule has 4 heteroatoms. The summed E-state index contributed by atoms with van der Waals surface area (Å²) in [5.41, 5.74) is 4.11. The van der Waals surface area contributed by atoms with Gasteiger partial charge in [0.25, 0.3) is 0 Å². The molecule has 0 spiro atoms. The number of hydrogen-bond donors (Lipinski definition) is 2. The van der Waals surface area contributed by atoms with Gasteiger partial charge in [-0.15, -0.1) is 0 Å². The van der Waals surface area contributed by atoms with E-state index in [0.29, 0.717) is 0 Å². The number of imidazole rings is 1. The first-order valence-corrected chi connectivity index (χ1v) is 5.91. The van der Waals surface area contributed by atoms with Gasteiger partial charge >= 0.3 is 0 Å². The molecule has 90 valence electrons. The summed E-state index contributed by atoms with van der Waals surface area (Å²) in [6.07, 6.45) is 1.77. The molecule has 1 aromatic carbocycles. The summed E-state index contributed by atoms with van der Waals surface area (Å²) in [5.74, 6) is 0.812. The summed E-state index contributed by atoms with van der Waals surface area (Å²) in [6, 6.07) is 12.0. The highest BCUT2D eigenvalue weighted by atomic mass is 14.9. The van der Waals surface area contributed by atoms with Crippen molar-refractivity contribution in [2.45, 2.75) is 6.54 Å². The fraction of sp³-hybridized carbons (Fsp3) is 0.143. The minimum atomic E-state index is 0.812. The molecule has 0 bridgehead atoms. The molecule has 0 unspecified atom stereocenters. The van der Waals surface area contributed by atoms with Crippen LogP contribution in [0.2, 0.25) is 0 Å². The van der Waals surface area contributed by atoms with Gasteiger partial charge in [-0.25, -0.2) is 4.98 Å². The summed E-state index contributed by atoms with van der Waals surface area (Å²) in [4.78, 5) is 12.2. The molecule has 0 aliphatic rings. The lowest BCUT2D eigenvalue weighted by Gasteiger charge is -1.98. The van der Waals surface area contributed by atoms with E-state index < -0.39 is 0 Å². The van der Waals surface area contributed by atoms with Crippen molar-refractivity contribution in [3.05, 3.63) is 48.2 Å². The first kappa shape index (κ1) is 10.9. The molecule has 2 aromatic heterocycles. The molecule has 3 rings (SSSR count). The summed E-state index contributed by atoms with van der Waals surface area (Å²) >= 11 is 0. The highest BCUT2D eigenvalue weighted by Gasteiger charge is 2.06. The molecule has 0 amide bonds. The Balaban J connectivity index is 2.06. The molecule has 3 aromatic rings. The third-order valence-corrected chi connectivity index (χ3v) is 2.83. The summed E-state index contributed by atoms with van der Waals surface area (Å²) in [6.45, 7) is 0.855. The first-order chi connectivity index (χ1) is 8.86. The Morgan fingerprint density at radius 2 is 2.17 bits per heavy atom. The third-order valence-electron chi connectivity index (χ3n) is 2.83. The van der Waals surface area contributed by atoms with E-state index in [1.807, 2.05) is 31.3 Å². The molecule has 0 fully saturated rings. The van der Waals surface area contributed by atoms with Crippen molar-refractivity contribution >= 4 is 11.0 Å². The number of H-pyrrole nitrogens is 1. The van der Waals surface area contributed by atoms with E-state index in [9.17, 15) is 0 Å². The Bertz CT molecular complexity index is 658. The van der Waals surface area contributed by atoms with E-state index in [1.54, 1.807) is 6.20 Å². The van der Waals surface area contributed by atoms with Crippen LogP contribution < -0.4 is 5.32 Å². The number of aromatic amines is 1. The number of pyridine rings is 1. The average molecular weight is 238 g/mol. The molecule has 0 saturated heterocycles. The van der Waals surface area contributed by atoms with Crippen LogP contribution in [0.1, 0.15) is 5.56 Å². The van der Waals surface area contributed by atoms with Crippen LogP contribution >= 0.6 is 0 Å². The quantitative estimate of drug-likeness (QED) is 0.736. The van der Waals surface area contributed by atoms with Crippen LogP contribution in [0.3, 0.4) is 0 Å². The van der Waals surface area contributed by atoms with Gasteiger partial charge in [-0.3, -0.25) is 4.98 Å². The smallest absolute Gasteiger partial charge is 0.157 e. The van der Waals surface area contributed by atoms with Crippen molar-refractivity contribution < 1.29 is 0 Å². The number of aromatic nitrogens is 3. The number of fused-ring (bicyclic) bond motifs is 1. The fourth-order valence-electron chi connectivity index (χ4n) is 2.00. The molecular formula is C14H14N4. The molecule has 2 N–H and O–H groups in total. The maximum atomic E-state index is 4.55. The molecule has 2 heterocycles. The summed E-state index contributed by atoms with van der Waals surface area (Å²) < 4.78 is 0. The number of rotatable bonds is 3. The van der Waals surface area contributed by atoms with Crippen molar-refractivity contribution in [2.24, 2.45) is 0 Å². The molecular weight excluding hydrogens is 224 g/mol. The third kappa shape index (κ3) is 1.98. The van der Waals surface area contributed by atoms with Crippen LogP contribution in [-0.4, -0.2) is 22.0 Å². The zero-order chi connectivity index (χ0) is 12.4. The van der Waals surface area contributed by atoms with E-state index in [1.165, 1.54) is 5.56 Å². The Kier molecular flexibility index (Phi) is 2.78. The topological polar surface area (TPSA) is 53.6 Å². The SMILES string of the molecule is CNCc1ccc2nc(-c3ccccn3)[nH]c2c1. The van der Waals surface area contributed by atoms with E-state index in [4.69, 9.17) is 0 Å². The van der Waals surface area contributed by atoms with Crippen molar-refractivity contribution in [2.75, 3.05) is 7.05 Å². The molecule has 0 atom stereocenters. The monoisotopic (exact) mass is 238 g/mol. The Morgan fingerprint density at radius 1 is 1.22 bits per heavy atom. The van der Waals surface area contributed by atoms with E-state index in [0.717, 1.165) is 29.1 Å². The van der Waals surface area contributed by atoms with Gasteiger partial charge in [-0.2, -0.15) is 0 Å². The summed E-state index contributed by atoms with van der Waals surface area (Å²) in [7, 11) is 1.94. The van der Waals surface area contributed by atoms with Gasteiger partial charge in [0.1, 0.15) is 5.69 Å². The predicted molar refractivity (Wildman–Crippen MR) is 72.1 cm³/mol. The van der Waals surface area contributed by atoms with Crippen LogP contribution in [0.5, 0.6) is 0 Å². The van der Waals surface area contributed by atoms with Gasteiger partial charge in [-0.05, 0) is 36.9 Å². The number of hydrogen-bond acceptors (Lipinski definition) is 3. The number of benzene rings is 1. The van der Waals surface area contributed by atoms with Crippen molar-refractivity contribution in [1.29, 1.82) is 0 Å². The van der Waals surface area contributed by atoms with Gasteiger partial charge in [0, 0.05) is 12.7 Å². The lowest BCUT2D eigenvalue weighted by molar-refractivity contribution is 0.819. The minimum Gasteiger partial charge on any atom is -0.337 e. The fourth-order valence-corrected chi connectivity index (χ4v) is 2.00. The average Bonchev–Trinajstić information content (AvgIpc) is 2.83. The Morgan fingerprint density at radius 3 is 2.94 bits per heavy atom. The van der Waals surface area contributed by atoms with Gasteiger partial charge in [0.2, 0.25) is 0 Å². The second-order valence-corrected chi connectivity index (χ2v) is 4.18. The van der Waals surface area contributed by atoms with E-state index in [2.05, 4.69) is 32.4 Å². The molecule has 0 aliphatic carbocycles. The highest BCUT2D eigenvalue weighted by molar-refractivity contribution is 5.79. The molecule has 4 nitrogen and oxygen atoms in total. The van der Waals surface area contributed by atoms with E-state index >= 15 is 0 Å². The predicted octanol–water partition coefficient (Wildman–Crippen LogP) is 2.34. The molecule has 0 saturated carbocycles. The number of nitrogens with one attached hydrogen (secondary N) is 2. The van der Waals surface area contributed by atoms with Crippen LogP contribution in [0.15, 0.2) is 42.6 Å². The van der Waals surface area contributed by atoms with Crippen LogP contribution in [0.25, 0.3) is 22.6 Å². The summed E-state index contributed by atoms with van der Waals surface area (Å²) in [5, 5.41) is 3.14. The van der Waals surface area contributed by atoms with Crippen molar-refractivity contribution in [3.8, 4) is 11.5 Å². The van der Waals surface area contributed by atoms with E-state index in [-0.39, 0.29) is 0 Å². The maximum absolute atomic E-state index is 4.55. The number of nitrogens with zero attached hydrogens (tertiary/aromatic N) is 2. The van der Waals surface area contributed by atoms with Gasteiger partial charge in [0.15, 0.2) is 5.82 Å².